The van der Waals surface area contributed by atoms with Gasteiger partial charge >= 0.3 is 5.97 Å². The van der Waals surface area contributed by atoms with E-state index in [4.69, 9.17) is 10.8 Å². The third-order valence-corrected chi connectivity index (χ3v) is 2.53. The van der Waals surface area contributed by atoms with Crippen molar-refractivity contribution in [3.63, 3.8) is 0 Å². The van der Waals surface area contributed by atoms with Crippen LogP contribution in [0.4, 0.5) is 0 Å². The number of pyridine rings is 1. The first kappa shape index (κ1) is 10.6. The molecule has 1 heterocycles. The minimum Gasteiger partial charge on any atom is -0.480 e. The topological polar surface area (TPSA) is 76.2 Å². The van der Waals surface area contributed by atoms with Gasteiger partial charge in [0.2, 0.25) is 0 Å². The van der Waals surface area contributed by atoms with E-state index >= 15 is 0 Å². The van der Waals surface area contributed by atoms with Crippen LogP contribution in [0.2, 0.25) is 0 Å². The van der Waals surface area contributed by atoms with E-state index in [2.05, 4.69) is 4.98 Å². The number of carboxylic acids is 1. The Balaban J connectivity index is 2.41. The maximum atomic E-state index is 10.7. The van der Waals surface area contributed by atoms with Crippen molar-refractivity contribution >= 4 is 16.7 Å². The van der Waals surface area contributed by atoms with Gasteiger partial charge in [-0.2, -0.15) is 0 Å². The summed E-state index contributed by atoms with van der Waals surface area (Å²) >= 11 is 0. The molecule has 82 valence electrons. The third kappa shape index (κ3) is 2.01. The van der Waals surface area contributed by atoms with E-state index in [0.29, 0.717) is 6.42 Å². The zero-order chi connectivity index (χ0) is 11.5. The Morgan fingerprint density at radius 2 is 2.25 bits per heavy atom. The molecular weight excluding hydrogens is 204 g/mol. The Morgan fingerprint density at radius 3 is 3.00 bits per heavy atom. The molecule has 3 N–H and O–H groups in total. The molecule has 0 fully saturated rings. The van der Waals surface area contributed by atoms with Crippen LogP contribution in [0.25, 0.3) is 10.8 Å². The van der Waals surface area contributed by atoms with Crippen LogP contribution < -0.4 is 5.73 Å². The summed E-state index contributed by atoms with van der Waals surface area (Å²) in [5, 5.41) is 10.8. The number of nitrogens with two attached hydrogens (primary N) is 1. The highest BCUT2D eigenvalue weighted by atomic mass is 16.4. The average molecular weight is 216 g/mol. The van der Waals surface area contributed by atoms with Gasteiger partial charge in [-0.15, -0.1) is 0 Å². The highest BCUT2D eigenvalue weighted by molar-refractivity contribution is 5.85. The molecule has 0 unspecified atom stereocenters. The van der Waals surface area contributed by atoms with Gasteiger partial charge in [0, 0.05) is 17.8 Å². The number of hydrogen-bond donors (Lipinski definition) is 2. The largest absolute Gasteiger partial charge is 0.480 e. The van der Waals surface area contributed by atoms with E-state index in [1.165, 1.54) is 0 Å². The van der Waals surface area contributed by atoms with Crippen molar-refractivity contribution in [2.24, 2.45) is 5.73 Å². The predicted molar refractivity (Wildman–Crippen MR) is 61.1 cm³/mol. The molecule has 0 bridgehead atoms. The summed E-state index contributed by atoms with van der Waals surface area (Å²) in [5.41, 5.74) is 6.46. The molecule has 0 aliphatic heterocycles. The van der Waals surface area contributed by atoms with Crippen LogP contribution in [-0.2, 0) is 11.2 Å². The fourth-order valence-electron chi connectivity index (χ4n) is 1.69. The van der Waals surface area contributed by atoms with Gasteiger partial charge in [-0.25, -0.2) is 0 Å². The number of nitrogens with zero attached hydrogens (tertiary/aromatic N) is 1. The Labute approximate surface area is 92.7 Å². The van der Waals surface area contributed by atoms with Gasteiger partial charge in [0.15, 0.2) is 0 Å². The van der Waals surface area contributed by atoms with Gasteiger partial charge in [0.05, 0.1) is 0 Å². The molecular formula is C12H12N2O2. The van der Waals surface area contributed by atoms with Gasteiger partial charge in [-0.05, 0) is 23.4 Å². The normalized spacial score (nSPS) is 12.6. The quantitative estimate of drug-likeness (QED) is 0.808. The second-order valence-corrected chi connectivity index (χ2v) is 3.66. The van der Waals surface area contributed by atoms with Crippen LogP contribution in [0.15, 0.2) is 36.7 Å². The number of aromatic nitrogens is 1. The highest BCUT2D eigenvalue weighted by Gasteiger charge is 2.13. The summed E-state index contributed by atoms with van der Waals surface area (Å²) < 4.78 is 0. The fourth-order valence-corrected chi connectivity index (χ4v) is 1.69. The van der Waals surface area contributed by atoms with Gasteiger partial charge in [-0.3, -0.25) is 9.78 Å². The molecule has 0 spiro atoms. The average Bonchev–Trinajstić information content (AvgIpc) is 2.29. The Kier molecular flexibility index (Phi) is 2.83. The monoisotopic (exact) mass is 216 g/mol. The number of carboxylic acid groups (broad SMARTS) is 1. The molecule has 16 heavy (non-hydrogen) atoms. The van der Waals surface area contributed by atoms with Crippen molar-refractivity contribution in [3.8, 4) is 0 Å². The molecule has 1 atom stereocenters. The molecule has 1 aromatic carbocycles. The number of aliphatic carboxylic acids is 1. The molecule has 0 aliphatic carbocycles. The lowest BCUT2D eigenvalue weighted by molar-refractivity contribution is -0.138. The molecule has 2 aromatic rings. The summed E-state index contributed by atoms with van der Waals surface area (Å²) in [6.45, 7) is 0. The van der Waals surface area contributed by atoms with E-state index in [9.17, 15) is 4.79 Å². The van der Waals surface area contributed by atoms with Crippen LogP contribution in [0, 0.1) is 0 Å². The van der Waals surface area contributed by atoms with E-state index in [-0.39, 0.29) is 0 Å². The standard InChI is InChI=1S/C12H12N2O2/c13-11(12(15)16)6-8-2-1-3-9-7-14-5-4-10(8)9/h1-5,7,11H,6,13H2,(H,15,16)/t11-/m1/s1. The van der Waals surface area contributed by atoms with Crippen LogP contribution >= 0.6 is 0 Å². The van der Waals surface area contributed by atoms with Crippen LogP contribution in [-0.4, -0.2) is 22.1 Å². The maximum Gasteiger partial charge on any atom is 0.320 e. The third-order valence-electron chi connectivity index (χ3n) is 2.53. The predicted octanol–water partition coefficient (Wildman–Crippen LogP) is 1.19. The minimum absolute atomic E-state index is 0.330. The second kappa shape index (κ2) is 4.28. The molecule has 0 saturated heterocycles. The number of hydrogen-bond acceptors (Lipinski definition) is 3. The highest BCUT2D eigenvalue weighted by Crippen LogP contribution is 2.18. The molecule has 1 aromatic heterocycles. The van der Waals surface area contributed by atoms with Crippen LogP contribution in [0.3, 0.4) is 0 Å². The Morgan fingerprint density at radius 1 is 1.44 bits per heavy atom. The molecule has 0 radical (unpaired) electrons. The summed E-state index contributed by atoms with van der Waals surface area (Å²) in [4.78, 5) is 14.7. The molecule has 4 heteroatoms. The van der Waals surface area contributed by atoms with E-state index in [1.54, 1.807) is 12.4 Å². The Bertz CT molecular complexity index is 520. The smallest absolute Gasteiger partial charge is 0.320 e. The molecule has 0 aliphatic rings. The second-order valence-electron chi connectivity index (χ2n) is 3.66. The Hall–Kier alpha value is -1.94. The number of rotatable bonds is 3. The van der Waals surface area contributed by atoms with Crippen molar-refractivity contribution in [2.45, 2.75) is 12.5 Å². The van der Waals surface area contributed by atoms with Crippen molar-refractivity contribution < 1.29 is 9.90 Å². The zero-order valence-electron chi connectivity index (χ0n) is 8.63. The summed E-state index contributed by atoms with van der Waals surface area (Å²) in [5.74, 6) is -0.981. The SMILES string of the molecule is N[C@H](Cc1cccc2cnccc12)C(=O)O. The molecule has 0 saturated carbocycles. The van der Waals surface area contributed by atoms with Gasteiger partial charge < -0.3 is 10.8 Å². The first-order chi connectivity index (χ1) is 7.68. The van der Waals surface area contributed by atoms with E-state index in [0.717, 1.165) is 16.3 Å². The van der Waals surface area contributed by atoms with E-state index < -0.39 is 12.0 Å². The van der Waals surface area contributed by atoms with Crippen molar-refractivity contribution in [1.29, 1.82) is 0 Å². The zero-order valence-corrected chi connectivity index (χ0v) is 8.63. The lowest BCUT2D eigenvalue weighted by Crippen LogP contribution is -2.32. The lowest BCUT2D eigenvalue weighted by Gasteiger charge is -2.09. The van der Waals surface area contributed by atoms with Gasteiger partial charge in [0.1, 0.15) is 6.04 Å². The van der Waals surface area contributed by atoms with Gasteiger partial charge in [0.25, 0.3) is 0 Å². The van der Waals surface area contributed by atoms with Crippen LogP contribution in [0.1, 0.15) is 5.56 Å². The van der Waals surface area contributed by atoms with Crippen molar-refractivity contribution in [1.82, 2.24) is 4.98 Å². The summed E-state index contributed by atoms with van der Waals surface area (Å²) in [6.07, 6.45) is 3.78. The van der Waals surface area contributed by atoms with Crippen LogP contribution in [0.5, 0.6) is 0 Å². The van der Waals surface area contributed by atoms with Gasteiger partial charge in [-0.1, -0.05) is 18.2 Å². The first-order valence-corrected chi connectivity index (χ1v) is 4.98. The molecule has 0 amide bonds. The van der Waals surface area contributed by atoms with E-state index in [1.807, 2.05) is 24.3 Å². The molecule has 2 rings (SSSR count). The molecule has 4 nitrogen and oxygen atoms in total. The minimum atomic E-state index is -0.981. The number of carbonyl (C=O) groups is 1. The fraction of sp³-hybridized carbons (Fsp3) is 0.167. The number of fused-ring (bicyclic) bond motifs is 1. The van der Waals surface area contributed by atoms with Crippen molar-refractivity contribution in [2.75, 3.05) is 0 Å². The first-order valence-electron chi connectivity index (χ1n) is 4.98. The van der Waals surface area contributed by atoms with Crippen molar-refractivity contribution in [3.05, 3.63) is 42.2 Å². The lowest BCUT2D eigenvalue weighted by atomic mass is 10.0. The summed E-state index contributed by atoms with van der Waals surface area (Å²) in [7, 11) is 0. The number of benzene rings is 1. The summed E-state index contributed by atoms with van der Waals surface area (Å²) in [6, 6.07) is 6.73. The maximum absolute atomic E-state index is 10.7.